The van der Waals surface area contributed by atoms with Crippen molar-refractivity contribution in [1.29, 1.82) is 0 Å². The van der Waals surface area contributed by atoms with E-state index in [-0.39, 0.29) is 12.1 Å². The molecule has 2 N–H and O–H groups in total. The minimum absolute atomic E-state index is 0.0871. The average molecular weight is 369 g/mol. The third kappa shape index (κ3) is 4.01. The lowest BCUT2D eigenvalue weighted by atomic mass is 10.2. The van der Waals surface area contributed by atoms with Gasteiger partial charge in [0.2, 0.25) is 0 Å². The zero-order valence-corrected chi connectivity index (χ0v) is 14.9. The molecule has 0 saturated carbocycles. The molecule has 0 spiro atoms. The van der Waals surface area contributed by atoms with Crippen molar-refractivity contribution in [3.05, 3.63) is 48.5 Å². The molecule has 0 aliphatic carbocycles. The van der Waals surface area contributed by atoms with Crippen LogP contribution in [0.3, 0.4) is 0 Å². The van der Waals surface area contributed by atoms with E-state index in [9.17, 15) is 4.79 Å². The molecule has 0 bridgehead atoms. The molecule has 2 aromatic carbocycles. The van der Waals surface area contributed by atoms with E-state index in [0.29, 0.717) is 26.4 Å². The number of amides is 2. The molecular weight excluding hydrogens is 350 g/mol. The quantitative estimate of drug-likeness (QED) is 0.738. The highest BCUT2D eigenvalue weighted by Gasteiger charge is 2.15. The van der Waals surface area contributed by atoms with Crippen LogP contribution in [-0.4, -0.2) is 43.5 Å². The van der Waals surface area contributed by atoms with Crippen LogP contribution in [-0.2, 0) is 9.47 Å². The van der Waals surface area contributed by atoms with Gasteiger partial charge in [-0.2, -0.15) is 0 Å². The van der Waals surface area contributed by atoms with Crippen LogP contribution >= 0.6 is 11.3 Å². The van der Waals surface area contributed by atoms with Crippen LogP contribution in [0.15, 0.2) is 48.5 Å². The number of urea groups is 1. The standard InChI is InChI=1S/C19H19N3O3S/c23-19(20-11-15-12-24-9-10-25-15)21-14-7-5-13(6-8-14)18-22-16-3-1-2-4-17(16)26-18/h1-8,15H,9-12H2,(H2,20,21,23). The summed E-state index contributed by atoms with van der Waals surface area (Å²) in [6.07, 6.45) is -0.0871. The van der Waals surface area contributed by atoms with Crippen molar-refractivity contribution in [3.63, 3.8) is 0 Å². The fourth-order valence-corrected chi connectivity index (χ4v) is 3.70. The highest BCUT2D eigenvalue weighted by Crippen LogP contribution is 2.30. The van der Waals surface area contributed by atoms with E-state index in [1.807, 2.05) is 42.5 Å². The number of carbonyl (C=O) groups excluding carboxylic acids is 1. The molecule has 1 fully saturated rings. The van der Waals surface area contributed by atoms with Crippen LogP contribution in [0.4, 0.5) is 10.5 Å². The van der Waals surface area contributed by atoms with Gasteiger partial charge in [-0.15, -0.1) is 11.3 Å². The summed E-state index contributed by atoms with van der Waals surface area (Å²) in [5.74, 6) is 0. The second-order valence-corrected chi connectivity index (χ2v) is 7.00. The van der Waals surface area contributed by atoms with Gasteiger partial charge in [-0.3, -0.25) is 0 Å². The average Bonchev–Trinajstić information content (AvgIpc) is 3.12. The third-order valence-electron chi connectivity index (χ3n) is 4.06. The van der Waals surface area contributed by atoms with E-state index in [0.717, 1.165) is 26.5 Å². The van der Waals surface area contributed by atoms with Crippen molar-refractivity contribution >= 4 is 33.3 Å². The van der Waals surface area contributed by atoms with Gasteiger partial charge in [-0.1, -0.05) is 12.1 Å². The molecule has 1 atom stereocenters. The van der Waals surface area contributed by atoms with Crippen molar-refractivity contribution < 1.29 is 14.3 Å². The van der Waals surface area contributed by atoms with Crippen LogP contribution in [0.5, 0.6) is 0 Å². The highest BCUT2D eigenvalue weighted by molar-refractivity contribution is 7.21. The molecule has 1 aromatic heterocycles. The molecule has 4 rings (SSSR count). The van der Waals surface area contributed by atoms with Crippen molar-refractivity contribution in [3.8, 4) is 10.6 Å². The minimum Gasteiger partial charge on any atom is -0.376 e. The molecule has 1 aliphatic rings. The summed E-state index contributed by atoms with van der Waals surface area (Å²) in [5.41, 5.74) is 2.76. The van der Waals surface area contributed by atoms with Gasteiger partial charge in [-0.05, 0) is 36.4 Å². The second kappa shape index (κ2) is 7.82. The van der Waals surface area contributed by atoms with Gasteiger partial charge < -0.3 is 20.1 Å². The summed E-state index contributed by atoms with van der Waals surface area (Å²) < 4.78 is 12.0. The molecule has 6 nitrogen and oxygen atoms in total. The molecule has 7 heteroatoms. The topological polar surface area (TPSA) is 72.5 Å². The SMILES string of the molecule is O=C(NCC1COCCO1)Nc1ccc(-c2nc3ccccc3s2)cc1. The first-order chi connectivity index (χ1) is 12.8. The predicted molar refractivity (Wildman–Crippen MR) is 103 cm³/mol. The summed E-state index contributed by atoms with van der Waals surface area (Å²) in [4.78, 5) is 16.6. The van der Waals surface area contributed by atoms with Crippen LogP contribution in [0, 0.1) is 0 Å². The van der Waals surface area contributed by atoms with Crippen LogP contribution in [0.25, 0.3) is 20.8 Å². The maximum atomic E-state index is 12.0. The largest absolute Gasteiger partial charge is 0.376 e. The maximum Gasteiger partial charge on any atom is 0.319 e. The molecule has 1 aliphatic heterocycles. The Balaban J connectivity index is 1.35. The fourth-order valence-electron chi connectivity index (χ4n) is 2.73. The van der Waals surface area contributed by atoms with E-state index in [1.54, 1.807) is 11.3 Å². The molecule has 1 unspecified atom stereocenters. The smallest absolute Gasteiger partial charge is 0.319 e. The Morgan fingerprint density at radius 1 is 1.15 bits per heavy atom. The van der Waals surface area contributed by atoms with E-state index in [4.69, 9.17) is 9.47 Å². The van der Waals surface area contributed by atoms with Gasteiger partial charge in [0.15, 0.2) is 0 Å². The summed E-state index contributed by atoms with van der Waals surface area (Å²) in [6.45, 7) is 2.12. The molecule has 26 heavy (non-hydrogen) atoms. The van der Waals surface area contributed by atoms with Gasteiger partial charge in [0.05, 0.1) is 36.1 Å². The van der Waals surface area contributed by atoms with Gasteiger partial charge >= 0.3 is 6.03 Å². The molecular formula is C19H19N3O3S. The Morgan fingerprint density at radius 2 is 2.00 bits per heavy atom. The van der Waals surface area contributed by atoms with Crippen LogP contribution in [0.1, 0.15) is 0 Å². The van der Waals surface area contributed by atoms with Crippen molar-refractivity contribution in [1.82, 2.24) is 10.3 Å². The number of hydrogen-bond acceptors (Lipinski definition) is 5. The number of anilines is 1. The first-order valence-electron chi connectivity index (χ1n) is 8.48. The predicted octanol–water partition coefficient (Wildman–Crippen LogP) is 3.50. The Kier molecular flexibility index (Phi) is 5.10. The molecule has 0 radical (unpaired) electrons. The van der Waals surface area contributed by atoms with Crippen LogP contribution in [0.2, 0.25) is 0 Å². The molecule has 2 heterocycles. The number of nitrogens with zero attached hydrogens (tertiary/aromatic N) is 1. The number of para-hydroxylation sites is 1. The Bertz CT molecular complexity index is 855. The van der Waals surface area contributed by atoms with E-state index < -0.39 is 0 Å². The van der Waals surface area contributed by atoms with E-state index >= 15 is 0 Å². The number of hydrogen-bond donors (Lipinski definition) is 2. The zero-order chi connectivity index (χ0) is 17.8. The maximum absolute atomic E-state index is 12.0. The number of aromatic nitrogens is 1. The highest BCUT2D eigenvalue weighted by atomic mass is 32.1. The molecule has 3 aromatic rings. The minimum atomic E-state index is -0.257. The first-order valence-corrected chi connectivity index (χ1v) is 9.30. The van der Waals surface area contributed by atoms with Crippen molar-refractivity contribution in [2.24, 2.45) is 0 Å². The number of nitrogens with one attached hydrogen (secondary N) is 2. The number of thiazole rings is 1. The lowest BCUT2D eigenvalue weighted by Crippen LogP contribution is -2.41. The lowest BCUT2D eigenvalue weighted by molar-refractivity contribution is -0.0852. The monoisotopic (exact) mass is 369 g/mol. The van der Waals surface area contributed by atoms with Crippen molar-refractivity contribution in [2.75, 3.05) is 31.7 Å². The number of ether oxygens (including phenoxy) is 2. The summed E-state index contributed by atoms with van der Waals surface area (Å²) in [5, 5.41) is 6.59. The van der Waals surface area contributed by atoms with Gasteiger partial charge in [0.25, 0.3) is 0 Å². The molecule has 1 saturated heterocycles. The normalized spacial score (nSPS) is 17.2. The second-order valence-electron chi connectivity index (χ2n) is 5.97. The van der Waals surface area contributed by atoms with Crippen molar-refractivity contribution in [2.45, 2.75) is 6.10 Å². The zero-order valence-electron chi connectivity index (χ0n) is 14.1. The number of fused-ring (bicyclic) bond motifs is 1. The number of rotatable bonds is 4. The van der Waals surface area contributed by atoms with Gasteiger partial charge in [0, 0.05) is 17.8 Å². The van der Waals surface area contributed by atoms with E-state index in [2.05, 4.69) is 21.7 Å². The fraction of sp³-hybridized carbons (Fsp3) is 0.263. The molecule has 134 valence electrons. The summed E-state index contributed by atoms with van der Waals surface area (Å²) in [6, 6.07) is 15.5. The lowest BCUT2D eigenvalue weighted by Gasteiger charge is -2.23. The third-order valence-corrected chi connectivity index (χ3v) is 5.14. The number of carbonyl (C=O) groups is 1. The Morgan fingerprint density at radius 3 is 2.77 bits per heavy atom. The molecule has 2 amide bonds. The number of benzene rings is 2. The van der Waals surface area contributed by atoms with E-state index in [1.165, 1.54) is 0 Å². The first kappa shape index (κ1) is 17.0. The van der Waals surface area contributed by atoms with Gasteiger partial charge in [-0.25, -0.2) is 9.78 Å². The Hall–Kier alpha value is -2.48. The van der Waals surface area contributed by atoms with Gasteiger partial charge in [0.1, 0.15) is 5.01 Å². The van der Waals surface area contributed by atoms with Crippen LogP contribution < -0.4 is 10.6 Å². The summed E-state index contributed by atoms with van der Waals surface area (Å²) in [7, 11) is 0. The summed E-state index contributed by atoms with van der Waals surface area (Å²) >= 11 is 1.66. The Labute approximate surface area is 155 Å².